The van der Waals surface area contributed by atoms with E-state index in [1.165, 1.54) is 6.92 Å². The van der Waals surface area contributed by atoms with Crippen molar-refractivity contribution in [2.24, 2.45) is 0 Å². The van der Waals surface area contributed by atoms with E-state index in [9.17, 15) is 22.8 Å². The maximum atomic E-state index is 12.8. The van der Waals surface area contributed by atoms with Crippen LogP contribution in [0, 0.1) is 18.3 Å². The Hall–Kier alpha value is -2.56. The summed E-state index contributed by atoms with van der Waals surface area (Å²) in [5, 5.41) is 10.5. The number of anilines is 1. The normalized spacial score (nSPS) is 10.7. The molecule has 112 valence electrons. The highest BCUT2D eigenvalue weighted by atomic mass is 19.4. The Morgan fingerprint density at radius 1 is 1.38 bits per heavy atom. The van der Waals surface area contributed by atoms with E-state index in [2.05, 4.69) is 10.1 Å². The third kappa shape index (κ3) is 3.95. The fourth-order valence-electron chi connectivity index (χ4n) is 1.66. The molecule has 0 unspecified atom stereocenters. The van der Waals surface area contributed by atoms with E-state index in [4.69, 9.17) is 5.26 Å². The van der Waals surface area contributed by atoms with E-state index < -0.39 is 30.0 Å². The van der Waals surface area contributed by atoms with Crippen molar-refractivity contribution in [1.82, 2.24) is 0 Å². The zero-order valence-corrected chi connectivity index (χ0v) is 11.2. The van der Waals surface area contributed by atoms with Crippen LogP contribution in [-0.4, -0.2) is 19.0 Å². The summed E-state index contributed by atoms with van der Waals surface area (Å²) in [5.74, 6) is -1.71. The first-order valence-corrected chi connectivity index (χ1v) is 5.67. The van der Waals surface area contributed by atoms with Crippen molar-refractivity contribution in [3.63, 3.8) is 0 Å². The zero-order valence-electron chi connectivity index (χ0n) is 11.2. The van der Waals surface area contributed by atoms with Crippen LogP contribution in [0.2, 0.25) is 0 Å². The van der Waals surface area contributed by atoms with Crippen LogP contribution in [-0.2, 0) is 15.7 Å². The van der Waals surface area contributed by atoms with Crippen LogP contribution in [0.25, 0.3) is 0 Å². The molecule has 8 heteroatoms. The number of ether oxygens (including phenoxy) is 1. The van der Waals surface area contributed by atoms with Gasteiger partial charge in [0.2, 0.25) is 5.91 Å². The summed E-state index contributed by atoms with van der Waals surface area (Å²) < 4.78 is 43.0. The van der Waals surface area contributed by atoms with E-state index in [0.29, 0.717) is 6.07 Å². The minimum Gasteiger partial charge on any atom is -0.465 e. The summed E-state index contributed by atoms with van der Waals surface area (Å²) >= 11 is 0. The van der Waals surface area contributed by atoms with Gasteiger partial charge < -0.3 is 10.1 Å². The molecule has 1 aromatic carbocycles. The van der Waals surface area contributed by atoms with Crippen LogP contribution in [0.15, 0.2) is 12.1 Å². The molecule has 1 amide bonds. The molecule has 0 atom stereocenters. The lowest BCUT2D eigenvalue weighted by Crippen LogP contribution is -2.17. The van der Waals surface area contributed by atoms with Gasteiger partial charge in [-0.15, -0.1) is 0 Å². The molecular formula is C13H11F3N2O3. The number of nitrogens with zero attached hydrogens (tertiary/aromatic N) is 1. The van der Waals surface area contributed by atoms with Crippen LogP contribution < -0.4 is 5.32 Å². The van der Waals surface area contributed by atoms with Gasteiger partial charge in [-0.3, -0.25) is 4.79 Å². The van der Waals surface area contributed by atoms with Gasteiger partial charge in [0.25, 0.3) is 0 Å². The summed E-state index contributed by atoms with van der Waals surface area (Å²) in [7, 11) is 1.07. The Labute approximate surface area is 118 Å². The number of nitrogens with one attached hydrogen (secondary N) is 1. The van der Waals surface area contributed by atoms with Gasteiger partial charge in [0.15, 0.2) is 0 Å². The van der Waals surface area contributed by atoms with E-state index in [-0.39, 0.29) is 16.8 Å². The topological polar surface area (TPSA) is 79.2 Å². The monoisotopic (exact) mass is 300 g/mol. The van der Waals surface area contributed by atoms with E-state index in [0.717, 1.165) is 13.2 Å². The lowest BCUT2D eigenvalue weighted by Gasteiger charge is -2.15. The van der Waals surface area contributed by atoms with E-state index >= 15 is 0 Å². The average Bonchev–Trinajstić information content (AvgIpc) is 2.38. The summed E-state index contributed by atoms with van der Waals surface area (Å²) in [6.07, 6.45) is -5.18. The first-order chi connectivity index (χ1) is 9.70. The predicted octanol–water partition coefficient (Wildman–Crippen LogP) is 2.65. The number of rotatable bonds is 3. The van der Waals surface area contributed by atoms with Crippen LogP contribution >= 0.6 is 0 Å². The summed E-state index contributed by atoms with van der Waals surface area (Å²) in [6, 6.07) is 3.19. The van der Waals surface area contributed by atoms with Crippen LogP contribution in [0.1, 0.15) is 27.9 Å². The Balaban J connectivity index is 3.38. The molecule has 1 rings (SSSR count). The molecule has 0 aliphatic heterocycles. The Morgan fingerprint density at radius 2 is 2.00 bits per heavy atom. The van der Waals surface area contributed by atoms with Gasteiger partial charge in [-0.1, -0.05) is 0 Å². The first-order valence-electron chi connectivity index (χ1n) is 5.67. The lowest BCUT2D eigenvalue weighted by atomic mass is 10.0. The highest BCUT2D eigenvalue weighted by Gasteiger charge is 2.34. The van der Waals surface area contributed by atoms with E-state index in [1.54, 1.807) is 6.07 Å². The second-order valence-corrected chi connectivity index (χ2v) is 4.09. The standard InChI is InChI=1S/C13H11F3N2O3/c1-7-5-8(12(20)21-2)10(18-11(19)3-4-17)6-9(7)13(14,15)16/h5-6H,3H2,1-2H3,(H,18,19). The lowest BCUT2D eigenvalue weighted by molar-refractivity contribution is -0.138. The number of nitriles is 1. The molecule has 0 spiro atoms. The van der Waals surface area contributed by atoms with Crippen molar-refractivity contribution in [3.8, 4) is 6.07 Å². The molecule has 0 bridgehead atoms. The number of carbonyl (C=O) groups excluding carboxylic acids is 2. The Morgan fingerprint density at radius 3 is 2.48 bits per heavy atom. The number of amides is 1. The van der Waals surface area contributed by atoms with Crippen molar-refractivity contribution in [1.29, 1.82) is 5.26 Å². The van der Waals surface area contributed by atoms with Gasteiger partial charge >= 0.3 is 12.1 Å². The largest absolute Gasteiger partial charge is 0.465 e. The quantitative estimate of drug-likeness (QED) is 0.870. The molecule has 0 aromatic heterocycles. The molecule has 1 N–H and O–H groups in total. The molecule has 0 aliphatic rings. The fourth-order valence-corrected chi connectivity index (χ4v) is 1.66. The molecule has 21 heavy (non-hydrogen) atoms. The maximum absolute atomic E-state index is 12.8. The summed E-state index contributed by atoms with van der Waals surface area (Å²) in [5.41, 5.74) is -1.72. The van der Waals surface area contributed by atoms with Gasteiger partial charge in [0.05, 0.1) is 30.0 Å². The van der Waals surface area contributed by atoms with Crippen molar-refractivity contribution in [2.45, 2.75) is 19.5 Å². The smallest absolute Gasteiger partial charge is 0.416 e. The number of alkyl halides is 3. The highest BCUT2D eigenvalue weighted by Crippen LogP contribution is 2.35. The third-order valence-corrected chi connectivity index (χ3v) is 2.59. The molecule has 0 heterocycles. The average molecular weight is 300 g/mol. The number of methoxy groups -OCH3 is 1. The SMILES string of the molecule is COC(=O)c1cc(C)c(C(F)(F)F)cc1NC(=O)CC#N. The van der Waals surface area contributed by atoms with E-state index in [1.807, 2.05) is 0 Å². The molecule has 0 radical (unpaired) electrons. The number of carbonyl (C=O) groups is 2. The van der Waals surface area contributed by atoms with Gasteiger partial charge in [-0.2, -0.15) is 18.4 Å². The van der Waals surface area contributed by atoms with Gasteiger partial charge in [-0.25, -0.2) is 4.79 Å². The zero-order chi connectivity index (χ0) is 16.2. The minimum absolute atomic E-state index is 0.179. The molecule has 0 saturated carbocycles. The van der Waals surface area contributed by atoms with Crippen LogP contribution in [0.3, 0.4) is 0 Å². The van der Waals surface area contributed by atoms with Gasteiger partial charge in [-0.05, 0) is 24.6 Å². The first kappa shape index (κ1) is 16.5. The number of hydrogen-bond acceptors (Lipinski definition) is 4. The van der Waals surface area contributed by atoms with Crippen molar-refractivity contribution < 1.29 is 27.5 Å². The number of aryl methyl sites for hydroxylation is 1. The summed E-state index contributed by atoms with van der Waals surface area (Å²) in [6.45, 7) is 1.19. The Kier molecular flexibility index (Phi) is 4.92. The fraction of sp³-hybridized carbons (Fsp3) is 0.308. The van der Waals surface area contributed by atoms with Gasteiger partial charge in [0.1, 0.15) is 6.42 Å². The molecule has 0 aliphatic carbocycles. The minimum atomic E-state index is -4.63. The highest BCUT2D eigenvalue weighted by molar-refractivity contribution is 6.02. The summed E-state index contributed by atoms with van der Waals surface area (Å²) in [4.78, 5) is 22.9. The maximum Gasteiger partial charge on any atom is 0.416 e. The second-order valence-electron chi connectivity index (χ2n) is 4.09. The number of benzene rings is 1. The molecule has 0 fully saturated rings. The van der Waals surface area contributed by atoms with Gasteiger partial charge in [0, 0.05) is 0 Å². The number of halogens is 3. The van der Waals surface area contributed by atoms with Crippen molar-refractivity contribution >= 4 is 17.6 Å². The molecular weight excluding hydrogens is 289 g/mol. The molecule has 1 aromatic rings. The van der Waals surface area contributed by atoms with Crippen molar-refractivity contribution in [2.75, 3.05) is 12.4 Å². The van der Waals surface area contributed by atoms with Crippen molar-refractivity contribution in [3.05, 3.63) is 28.8 Å². The number of esters is 1. The molecule has 0 saturated heterocycles. The van der Waals surface area contributed by atoms with Crippen LogP contribution in [0.4, 0.5) is 18.9 Å². The number of hydrogen-bond donors (Lipinski definition) is 1. The predicted molar refractivity (Wildman–Crippen MR) is 66.4 cm³/mol. The van der Waals surface area contributed by atoms with Crippen LogP contribution in [0.5, 0.6) is 0 Å². The second kappa shape index (κ2) is 6.26. The Bertz CT molecular complexity index is 618. The molecule has 5 nitrogen and oxygen atoms in total. The third-order valence-electron chi connectivity index (χ3n) is 2.59.